The first-order chi connectivity index (χ1) is 27.3. The van der Waals surface area contributed by atoms with Gasteiger partial charge in [0.05, 0.1) is 25.4 Å². The molecule has 0 aromatic heterocycles. The molecule has 0 radical (unpaired) electrons. The minimum atomic E-state index is -1.60. The fraction of sp³-hybridized carbons (Fsp3) is 0.935. The molecular formula is C46H89NO9. The molecule has 1 aliphatic rings. The van der Waals surface area contributed by atoms with Gasteiger partial charge in [0.25, 0.3) is 0 Å². The van der Waals surface area contributed by atoms with Gasteiger partial charge in [-0.2, -0.15) is 0 Å². The lowest BCUT2D eigenvalue weighted by Crippen LogP contribution is -2.60. The number of allylic oxidation sites excluding steroid dienone is 2. The van der Waals surface area contributed by atoms with E-state index in [-0.39, 0.29) is 6.61 Å². The summed E-state index contributed by atoms with van der Waals surface area (Å²) < 4.78 is 11.2. The third-order valence-electron chi connectivity index (χ3n) is 11.5. The molecule has 10 heteroatoms. The largest absolute Gasteiger partial charge is 0.394 e. The maximum Gasteiger partial charge on any atom is 0.249 e. The zero-order valence-corrected chi connectivity index (χ0v) is 36.0. The average Bonchev–Trinajstić information content (AvgIpc) is 3.20. The lowest BCUT2D eigenvalue weighted by atomic mass is 9.99. The Labute approximate surface area is 342 Å². The first-order valence-corrected chi connectivity index (χ1v) is 23.5. The van der Waals surface area contributed by atoms with Gasteiger partial charge in [0, 0.05) is 0 Å². The van der Waals surface area contributed by atoms with Crippen molar-refractivity contribution in [1.29, 1.82) is 0 Å². The number of unbranched alkanes of at least 4 members (excludes halogenated alkanes) is 26. The Balaban J connectivity index is 2.39. The van der Waals surface area contributed by atoms with Crippen molar-refractivity contribution >= 4 is 5.91 Å². The van der Waals surface area contributed by atoms with Gasteiger partial charge < -0.3 is 45.4 Å². The van der Waals surface area contributed by atoms with E-state index in [2.05, 4.69) is 31.3 Å². The van der Waals surface area contributed by atoms with Gasteiger partial charge in [-0.25, -0.2) is 0 Å². The smallest absolute Gasteiger partial charge is 0.249 e. The Bertz CT molecular complexity index is 906. The number of amides is 1. The summed E-state index contributed by atoms with van der Waals surface area (Å²) in [5.74, 6) is -0.591. The number of carbonyl (C=O) groups excluding carboxylic acids is 1. The van der Waals surface area contributed by atoms with E-state index < -0.39 is 61.5 Å². The summed E-state index contributed by atoms with van der Waals surface area (Å²) in [5, 5.41) is 64.8. The van der Waals surface area contributed by atoms with E-state index in [4.69, 9.17) is 9.47 Å². The van der Waals surface area contributed by atoms with Gasteiger partial charge in [-0.15, -0.1) is 0 Å². The minimum absolute atomic E-state index is 0.256. The van der Waals surface area contributed by atoms with Gasteiger partial charge in [-0.05, 0) is 38.5 Å². The van der Waals surface area contributed by atoms with E-state index in [1.807, 2.05) is 0 Å². The second-order valence-corrected chi connectivity index (χ2v) is 16.7. The van der Waals surface area contributed by atoms with Crippen LogP contribution in [0.5, 0.6) is 0 Å². The fourth-order valence-corrected chi connectivity index (χ4v) is 7.57. The van der Waals surface area contributed by atoms with Crippen LogP contribution in [0.25, 0.3) is 0 Å². The Morgan fingerprint density at radius 2 is 1.00 bits per heavy atom. The number of hydrogen-bond acceptors (Lipinski definition) is 9. The maximum atomic E-state index is 13.0. The van der Waals surface area contributed by atoms with E-state index in [9.17, 15) is 35.4 Å². The molecule has 1 heterocycles. The van der Waals surface area contributed by atoms with Crippen LogP contribution in [0.15, 0.2) is 12.2 Å². The number of hydrogen-bond donors (Lipinski definition) is 7. The predicted octanol–water partition coefficient (Wildman–Crippen LogP) is 8.70. The van der Waals surface area contributed by atoms with Crippen LogP contribution in [0.3, 0.4) is 0 Å². The predicted molar refractivity (Wildman–Crippen MR) is 227 cm³/mol. The molecule has 0 saturated carbocycles. The van der Waals surface area contributed by atoms with Crippen LogP contribution in [0, 0.1) is 0 Å². The summed E-state index contributed by atoms with van der Waals surface area (Å²) in [7, 11) is 0. The molecule has 10 nitrogen and oxygen atoms in total. The van der Waals surface area contributed by atoms with Crippen molar-refractivity contribution in [2.24, 2.45) is 0 Å². The SMILES string of the molecule is CCCCCCCCC/C=C\CCCCCCC(O)C(=O)NC(COC1OC(CO)C(O)C(O)C1O)C(O)CCCCCCCCCCCCCCCCCC. The normalized spacial score (nSPS) is 21.8. The average molecular weight is 800 g/mol. The van der Waals surface area contributed by atoms with E-state index >= 15 is 0 Å². The van der Waals surface area contributed by atoms with Crippen molar-refractivity contribution in [3.63, 3.8) is 0 Å². The number of rotatable bonds is 39. The van der Waals surface area contributed by atoms with Crippen LogP contribution >= 0.6 is 0 Å². The highest BCUT2D eigenvalue weighted by Gasteiger charge is 2.44. The topological polar surface area (TPSA) is 169 Å². The summed E-state index contributed by atoms with van der Waals surface area (Å²) in [6, 6.07) is -0.895. The molecule has 7 N–H and O–H groups in total. The van der Waals surface area contributed by atoms with Crippen LogP contribution in [0.4, 0.5) is 0 Å². The summed E-state index contributed by atoms with van der Waals surface area (Å²) in [6.07, 6.45) is 31.1. The highest BCUT2D eigenvalue weighted by Crippen LogP contribution is 2.23. The molecule has 1 rings (SSSR count). The highest BCUT2D eigenvalue weighted by atomic mass is 16.7. The summed E-state index contributed by atoms with van der Waals surface area (Å²) >= 11 is 0. The summed E-state index contributed by atoms with van der Waals surface area (Å²) in [4.78, 5) is 13.0. The van der Waals surface area contributed by atoms with Gasteiger partial charge in [-0.3, -0.25) is 4.79 Å². The lowest BCUT2D eigenvalue weighted by Gasteiger charge is -2.40. The van der Waals surface area contributed by atoms with Crippen LogP contribution in [-0.2, 0) is 14.3 Å². The number of nitrogens with one attached hydrogen (secondary N) is 1. The number of carbonyl (C=O) groups is 1. The van der Waals surface area contributed by atoms with Crippen LogP contribution in [0.2, 0.25) is 0 Å². The molecule has 8 unspecified atom stereocenters. The van der Waals surface area contributed by atoms with Crippen LogP contribution in [-0.4, -0.2) is 98.7 Å². The number of ether oxygens (including phenoxy) is 2. The van der Waals surface area contributed by atoms with Gasteiger partial charge in [0.1, 0.15) is 30.5 Å². The Kier molecular flexibility index (Phi) is 34.9. The molecule has 0 aliphatic carbocycles. The van der Waals surface area contributed by atoms with E-state index in [1.165, 1.54) is 122 Å². The molecule has 1 aliphatic heterocycles. The van der Waals surface area contributed by atoms with Crippen molar-refractivity contribution in [1.82, 2.24) is 5.32 Å². The standard InChI is InChI=1S/C46H89NO9/c1-3-5-7-9-11-13-15-17-19-21-22-24-26-28-30-32-34-39(49)38(37-55-46-44(53)43(52)42(51)41(36-48)56-46)47-45(54)40(50)35-33-31-29-27-25-23-20-18-16-14-12-10-8-6-4-2/h20,23,38-44,46,48-53H,3-19,21-22,24-37H2,1-2H3,(H,47,54)/b23-20-. The first-order valence-electron chi connectivity index (χ1n) is 23.5. The second-order valence-electron chi connectivity index (χ2n) is 16.7. The van der Waals surface area contributed by atoms with Crippen molar-refractivity contribution in [2.45, 2.75) is 262 Å². The zero-order chi connectivity index (χ0) is 41.1. The minimum Gasteiger partial charge on any atom is -0.394 e. The van der Waals surface area contributed by atoms with Gasteiger partial charge in [0.2, 0.25) is 5.91 Å². The highest BCUT2D eigenvalue weighted by molar-refractivity contribution is 5.80. The maximum absolute atomic E-state index is 13.0. The van der Waals surface area contributed by atoms with E-state index in [0.29, 0.717) is 19.3 Å². The molecule has 1 amide bonds. The molecule has 0 aromatic rings. The molecule has 1 fully saturated rings. The molecule has 0 spiro atoms. The van der Waals surface area contributed by atoms with E-state index in [0.717, 1.165) is 57.8 Å². The van der Waals surface area contributed by atoms with Gasteiger partial charge >= 0.3 is 0 Å². The third-order valence-corrected chi connectivity index (χ3v) is 11.5. The second kappa shape index (κ2) is 36.9. The third kappa shape index (κ3) is 26.8. The van der Waals surface area contributed by atoms with Crippen molar-refractivity contribution in [3.8, 4) is 0 Å². The summed E-state index contributed by atoms with van der Waals surface area (Å²) in [6.45, 7) is 3.66. The van der Waals surface area contributed by atoms with Gasteiger partial charge in [0.15, 0.2) is 6.29 Å². The molecule has 1 saturated heterocycles. The number of aliphatic hydroxyl groups excluding tert-OH is 6. The van der Waals surface area contributed by atoms with Crippen LogP contribution < -0.4 is 5.32 Å². The zero-order valence-electron chi connectivity index (χ0n) is 36.0. The van der Waals surface area contributed by atoms with Gasteiger partial charge in [-0.1, -0.05) is 187 Å². The number of aliphatic hydroxyl groups is 6. The van der Waals surface area contributed by atoms with Crippen molar-refractivity contribution < 1.29 is 44.9 Å². The van der Waals surface area contributed by atoms with E-state index in [1.54, 1.807) is 0 Å². The molecule has 8 atom stereocenters. The molecule has 0 bridgehead atoms. The van der Waals surface area contributed by atoms with Crippen molar-refractivity contribution in [3.05, 3.63) is 12.2 Å². The Morgan fingerprint density at radius 1 is 0.589 bits per heavy atom. The van der Waals surface area contributed by atoms with Crippen molar-refractivity contribution in [2.75, 3.05) is 13.2 Å². The molecular weight excluding hydrogens is 711 g/mol. The molecule has 332 valence electrons. The molecule has 56 heavy (non-hydrogen) atoms. The van der Waals surface area contributed by atoms with Crippen LogP contribution in [0.1, 0.15) is 213 Å². The fourth-order valence-electron chi connectivity index (χ4n) is 7.57. The Morgan fingerprint density at radius 3 is 1.45 bits per heavy atom. The summed E-state index contributed by atoms with van der Waals surface area (Å²) in [5.41, 5.74) is 0. The monoisotopic (exact) mass is 800 g/mol. The quantitative estimate of drug-likeness (QED) is 0.0238. The first kappa shape index (κ1) is 52.9. The lowest BCUT2D eigenvalue weighted by molar-refractivity contribution is -0.302. The molecule has 0 aromatic carbocycles. The Hall–Kier alpha value is -1.11.